The van der Waals surface area contributed by atoms with Gasteiger partial charge >= 0.3 is 0 Å². The number of aryl methyl sites for hydroxylation is 2. The highest BCUT2D eigenvalue weighted by Crippen LogP contribution is 2.25. The molecule has 0 radical (unpaired) electrons. The van der Waals surface area contributed by atoms with Gasteiger partial charge in [-0.05, 0) is 30.2 Å². The zero-order chi connectivity index (χ0) is 19.9. The van der Waals surface area contributed by atoms with Gasteiger partial charge in [0.1, 0.15) is 4.90 Å². The van der Waals surface area contributed by atoms with Crippen LogP contribution in [-0.2, 0) is 23.6 Å². The fourth-order valence-corrected chi connectivity index (χ4v) is 5.88. The molecule has 28 heavy (non-hydrogen) atoms. The molecule has 1 fully saturated rings. The predicted octanol–water partition coefficient (Wildman–Crippen LogP) is 2.70. The van der Waals surface area contributed by atoms with Crippen LogP contribution in [0.5, 0.6) is 0 Å². The molecule has 1 aliphatic heterocycles. The monoisotopic (exact) mass is 398 g/mol. The molecule has 7 heteroatoms. The Bertz CT molecular complexity index is 1110. The van der Waals surface area contributed by atoms with Crippen LogP contribution in [-0.4, -0.2) is 53.6 Å². The molecule has 0 spiro atoms. The third-order valence-corrected chi connectivity index (χ3v) is 7.80. The molecule has 0 bridgehead atoms. The van der Waals surface area contributed by atoms with E-state index in [4.69, 9.17) is 0 Å². The first-order chi connectivity index (χ1) is 13.4. The molecule has 0 atom stereocenters. The van der Waals surface area contributed by atoms with E-state index in [9.17, 15) is 8.42 Å². The van der Waals surface area contributed by atoms with Gasteiger partial charge in [0.25, 0.3) is 0 Å². The van der Waals surface area contributed by atoms with E-state index in [-0.39, 0.29) is 0 Å². The van der Waals surface area contributed by atoms with Gasteiger partial charge in [0, 0.05) is 39.8 Å². The van der Waals surface area contributed by atoms with Gasteiger partial charge in [0.2, 0.25) is 10.0 Å². The molecule has 1 saturated heterocycles. The van der Waals surface area contributed by atoms with Gasteiger partial charge in [-0.15, -0.1) is 0 Å². The van der Waals surface area contributed by atoms with Gasteiger partial charge in [-0.2, -0.15) is 9.40 Å². The van der Waals surface area contributed by atoms with E-state index in [0.717, 1.165) is 19.6 Å². The third-order valence-electron chi connectivity index (χ3n) is 5.65. The maximum atomic E-state index is 13.1. The smallest absolute Gasteiger partial charge is 0.246 e. The minimum atomic E-state index is -3.51. The lowest BCUT2D eigenvalue weighted by atomic mass is 10.0. The fourth-order valence-electron chi connectivity index (χ4n) is 4.06. The summed E-state index contributed by atoms with van der Waals surface area (Å²) in [5.41, 5.74) is 2.54. The van der Waals surface area contributed by atoms with Gasteiger partial charge in [-0.1, -0.05) is 42.5 Å². The van der Waals surface area contributed by atoms with E-state index in [2.05, 4.69) is 52.5 Å². The Labute approximate surface area is 166 Å². The van der Waals surface area contributed by atoms with E-state index in [1.165, 1.54) is 16.3 Å². The van der Waals surface area contributed by atoms with Crippen LogP contribution in [0.2, 0.25) is 0 Å². The minimum absolute atomic E-state index is 0.359. The van der Waals surface area contributed by atoms with Crippen molar-refractivity contribution in [1.82, 2.24) is 19.0 Å². The zero-order valence-corrected chi connectivity index (χ0v) is 17.4. The molecule has 1 aliphatic rings. The number of fused-ring (bicyclic) bond motifs is 1. The number of rotatable bonds is 4. The van der Waals surface area contributed by atoms with Crippen molar-refractivity contribution in [2.24, 2.45) is 7.05 Å². The molecule has 0 unspecified atom stereocenters. The van der Waals surface area contributed by atoms with Crippen LogP contribution in [0.25, 0.3) is 10.8 Å². The van der Waals surface area contributed by atoms with Crippen LogP contribution < -0.4 is 0 Å². The Morgan fingerprint density at radius 2 is 1.64 bits per heavy atom. The Morgan fingerprint density at radius 1 is 0.964 bits per heavy atom. The van der Waals surface area contributed by atoms with Crippen LogP contribution >= 0.6 is 0 Å². The van der Waals surface area contributed by atoms with Crippen LogP contribution in [0.1, 0.15) is 17.0 Å². The summed E-state index contributed by atoms with van der Waals surface area (Å²) >= 11 is 0. The number of hydrogen-bond acceptors (Lipinski definition) is 4. The second-order valence-corrected chi connectivity index (χ2v) is 9.32. The van der Waals surface area contributed by atoms with Gasteiger partial charge < -0.3 is 0 Å². The van der Waals surface area contributed by atoms with Crippen molar-refractivity contribution in [1.29, 1.82) is 0 Å². The maximum absolute atomic E-state index is 13.1. The number of hydrogen-bond donors (Lipinski definition) is 0. The molecule has 2 heterocycles. The summed E-state index contributed by atoms with van der Waals surface area (Å²) in [6, 6.07) is 14.8. The lowest BCUT2D eigenvalue weighted by Gasteiger charge is -2.34. The minimum Gasteiger partial charge on any atom is -0.296 e. The van der Waals surface area contributed by atoms with E-state index in [1.807, 2.05) is 6.92 Å². The molecular formula is C21H26N4O2S. The average Bonchev–Trinajstić information content (AvgIpc) is 2.95. The van der Waals surface area contributed by atoms with Crippen molar-refractivity contribution in [3.8, 4) is 0 Å². The number of nitrogens with zero attached hydrogens (tertiary/aromatic N) is 4. The van der Waals surface area contributed by atoms with Crippen LogP contribution in [0.15, 0.2) is 47.4 Å². The van der Waals surface area contributed by atoms with E-state index < -0.39 is 10.0 Å². The van der Waals surface area contributed by atoms with Gasteiger partial charge in [-0.3, -0.25) is 9.58 Å². The number of sulfonamides is 1. The van der Waals surface area contributed by atoms with E-state index in [0.29, 0.717) is 29.4 Å². The fraction of sp³-hybridized carbons (Fsp3) is 0.381. The first kappa shape index (κ1) is 19.1. The number of piperazine rings is 1. The zero-order valence-electron chi connectivity index (χ0n) is 16.6. The normalized spacial score (nSPS) is 16.7. The Kier molecular flexibility index (Phi) is 4.99. The second-order valence-electron chi connectivity index (χ2n) is 7.44. The summed E-state index contributed by atoms with van der Waals surface area (Å²) in [5, 5.41) is 6.78. The van der Waals surface area contributed by atoms with Gasteiger partial charge in [0.05, 0.1) is 11.4 Å². The van der Waals surface area contributed by atoms with Crippen LogP contribution in [0.3, 0.4) is 0 Å². The topological polar surface area (TPSA) is 58.4 Å². The van der Waals surface area contributed by atoms with E-state index in [1.54, 1.807) is 23.0 Å². The molecule has 0 aliphatic carbocycles. The van der Waals surface area contributed by atoms with E-state index >= 15 is 0 Å². The summed E-state index contributed by atoms with van der Waals surface area (Å²) in [4.78, 5) is 2.69. The highest BCUT2D eigenvalue weighted by Gasteiger charge is 2.32. The van der Waals surface area contributed by atoms with Gasteiger partial charge in [0.15, 0.2) is 0 Å². The predicted molar refractivity (Wildman–Crippen MR) is 111 cm³/mol. The molecule has 3 aromatic rings. The molecular weight excluding hydrogens is 372 g/mol. The second kappa shape index (κ2) is 7.31. The van der Waals surface area contributed by atoms with Crippen molar-refractivity contribution in [2.45, 2.75) is 25.3 Å². The molecule has 4 rings (SSSR count). The summed E-state index contributed by atoms with van der Waals surface area (Å²) in [6.45, 7) is 6.85. The third kappa shape index (κ3) is 3.34. The number of benzene rings is 2. The maximum Gasteiger partial charge on any atom is 0.246 e. The highest BCUT2D eigenvalue weighted by atomic mass is 32.2. The molecule has 2 aromatic carbocycles. The summed E-state index contributed by atoms with van der Waals surface area (Å²) in [7, 11) is -1.73. The Balaban J connectivity index is 1.49. The lowest BCUT2D eigenvalue weighted by Crippen LogP contribution is -2.48. The summed E-state index contributed by atoms with van der Waals surface area (Å²) < 4.78 is 29.5. The molecule has 6 nitrogen and oxygen atoms in total. The van der Waals surface area contributed by atoms with Crippen molar-refractivity contribution in [3.63, 3.8) is 0 Å². The van der Waals surface area contributed by atoms with Crippen LogP contribution in [0, 0.1) is 13.8 Å². The quantitative estimate of drug-likeness (QED) is 0.678. The van der Waals surface area contributed by atoms with Crippen molar-refractivity contribution >= 4 is 20.8 Å². The SMILES string of the molecule is Cc1nn(C)c(C)c1S(=O)(=O)N1CCN(Cc2cccc3ccccc23)CC1. The molecule has 148 valence electrons. The van der Waals surface area contributed by atoms with Crippen molar-refractivity contribution in [2.75, 3.05) is 26.2 Å². The summed E-state index contributed by atoms with van der Waals surface area (Å²) in [5.74, 6) is 0. The first-order valence-electron chi connectivity index (χ1n) is 9.57. The van der Waals surface area contributed by atoms with Crippen molar-refractivity contribution < 1.29 is 8.42 Å². The molecule has 1 aromatic heterocycles. The highest BCUT2D eigenvalue weighted by molar-refractivity contribution is 7.89. The molecule has 0 saturated carbocycles. The number of aromatic nitrogens is 2. The largest absolute Gasteiger partial charge is 0.296 e. The summed E-state index contributed by atoms with van der Waals surface area (Å²) in [6.07, 6.45) is 0. The van der Waals surface area contributed by atoms with Gasteiger partial charge in [-0.25, -0.2) is 8.42 Å². The molecule has 0 amide bonds. The average molecular weight is 399 g/mol. The standard InChI is InChI=1S/C21H26N4O2S/c1-16-21(17(2)23(3)22-16)28(26,27)25-13-11-24(12-14-25)15-19-9-6-8-18-7-4-5-10-20(18)19/h4-10H,11-15H2,1-3H3. The van der Waals surface area contributed by atoms with Crippen molar-refractivity contribution in [3.05, 3.63) is 59.4 Å². The molecule has 0 N–H and O–H groups in total. The van der Waals surface area contributed by atoms with Crippen LogP contribution in [0.4, 0.5) is 0 Å². The lowest BCUT2D eigenvalue weighted by molar-refractivity contribution is 0.182. The Hall–Kier alpha value is -2.22. The Morgan fingerprint density at radius 3 is 2.32 bits per heavy atom. The first-order valence-corrected chi connectivity index (χ1v) is 11.0.